The van der Waals surface area contributed by atoms with Crippen LogP contribution in [-0.2, 0) is 12.8 Å². The quantitative estimate of drug-likeness (QED) is 0.357. The number of rotatable bonds is 4. The first-order chi connectivity index (χ1) is 13.5. The van der Waals surface area contributed by atoms with Gasteiger partial charge in [0.25, 0.3) is 0 Å². The number of fused-ring (bicyclic) bond motifs is 1. The minimum atomic E-state index is 0.976. The fraction of sp³-hybridized carbons (Fsp3) is 0.214. The lowest BCUT2D eigenvalue weighted by Crippen LogP contribution is -2.00. The fourth-order valence-corrected chi connectivity index (χ4v) is 4.52. The molecule has 4 aromatic carbocycles. The molecule has 0 aromatic heterocycles. The molecule has 0 spiro atoms. The van der Waals surface area contributed by atoms with Gasteiger partial charge >= 0.3 is 0 Å². The Kier molecular flexibility index (Phi) is 5.05. The van der Waals surface area contributed by atoms with E-state index in [1.165, 1.54) is 55.3 Å². The van der Waals surface area contributed by atoms with E-state index < -0.39 is 0 Å². The largest absolute Gasteiger partial charge is 0.0616 e. The van der Waals surface area contributed by atoms with Crippen LogP contribution in [0.2, 0.25) is 0 Å². The molecule has 0 saturated carbocycles. The van der Waals surface area contributed by atoms with E-state index in [4.69, 9.17) is 0 Å². The first-order valence-corrected chi connectivity index (χ1v) is 10.1. The van der Waals surface area contributed by atoms with E-state index in [1.807, 2.05) is 0 Å². The summed E-state index contributed by atoms with van der Waals surface area (Å²) in [6.45, 7) is 8.76. The van der Waals surface area contributed by atoms with Crippen molar-refractivity contribution in [1.29, 1.82) is 0 Å². The lowest BCUT2D eigenvalue weighted by Gasteiger charge is -2.15. The Balaban J connectivity index is 1.82. The van der Waals surface area contributed by atoms with E-state index in [0.29, 0.717) is 0 Å². The Hall–Kier alpha value is -2.86. The van der Waals surface area contributed by atoms with Crippen LogP contribution in [0.4, 0.5) is 0 Å². The van der Waals surface area contributed by atoms with Gasteiger partial charge in [0.2, 0.25) is 0 Å². The minimum absolute atomic E-state index is 0.976. The van der Waals surface area contributed by atoms with Crippen molar-refractivity contribution in [2.45, 2.75) is 40.5 Å². The van der Waals surface area contributed by atoms with Crippen molar-refractivity contribution in [3.63, 3.8) is 0 Å². The van der Waals surface area contributed by atoms with Crippen molar-refractivity contribution in [1.82, 2.24) is 0 Å². The molecule has 4 rings (SSSR count). The number of aryl methyl sites for hydroxylation is 4. The Morgan fingerprint density at radius 3 is 1.68 bits per heavy atom. The standard InChI is InChI=1S/C28H28/c1-19-11-20(2)14-23(13-19)17-26-10-9-25-7-5-6-8-27(25)28(26)18-24-15-21(3)12-22(4)16-24/h5-16H,17-18H2,1-4H3. The highest BCUT2D eigenvalue weighted by Crippen LogP contribution is 2.28. The summed E-state index contributed by atoms with van der Waals surface area (Å²) >= 11 is 0. The molecule has 0 aliphatic carbocycles. The number of hydrogen-bond donors (Lipinski definition) is 0. The smallest absolute Gasteiger partial charge is 0.00166 e. The van der Waals surface area contributed by atoms with Gasteiger partial charge in [0.05, 0.1) is 0 Å². The van der Waals surface area contributed by atoms with Crippen molar-refractivity contribution < 1.29 is 0 Å². The summed E-state index contributed by atoms with van der Waals surface area (Å²) < 4.78 is 0. The molecule has 0 atom stereocenters. The maximum atomic E-state index is 2.33. The van der Waals surface area contributed by atoms with Gasteiger partial charge in [0, 0.05) is 0 Å². The van der Waals surface area contributed by atoms with Gasteiger partial charge in [-0.05, 0) is 73.6 Å². The average molecular weight is 365 g/mol. The van der Waals surface area contributed by atoms with Gasteiger partial charge in [-0.25, -0.2) is 0 Å². The molecule has 0 bridgehead atoms. The summed E-state index contributed by atoms with van der Waals surface area (Å²) in [4.78, 5) is 0. The van der Waals surface area contributed by atoms with Crippen LogP contribution in [0, 0.1) is 27.7 Å². The summed E-state index contributed by atoms with van der Waals surface area (Å²) in [5, 5.41) is 2.70. The van der Waals surface area contributed by atoms with Gasteiger partial charge in [0.1, 0.15) is 0 Å². The summed E-state index contributed by atoms with van der Waals surface area (Å²) in [6.07, 6.45) is 1.96. The van der Waals surface area contributed by atoms with Gasteiger partial charge < -0.3 is 0 Å². The van der Waals surface area contributed by atoms with Gasteiger partial charge in [0.15, 0.2) is 0 Å². The van der Waals surface area contributed by atoms with Crippen molar-refractivity contribution in [2.75, 3.05) is 0 Å². The summed E-state index contributed by atoms with van der Waals surface area (Å²) in [5.41, 5.74) is 11.0. The Morgan fingerprint density at radius 2 is 1.07 bits per heavy atom. The van der Waals surface area contributed by atoms with E-state index in [1.54, 1.807) is 0 Å². The highest BCUT2D eigenvalue weighted by atomic mass is 14.1. The summed E-state index contributed by atoms with van der Waals surface area (Å²) in [5.74, 6) is 0. The second kappa shape index (κ2) is 7.64. The molecule has 140 valence electrons. The van der Waals surface area contributed by atoms with Gasteiger partial charge in [-0.15, -0.1) is 0 Å². The molecule has 0 amide bonds. The maximum absolute atomic E-state index is 2.33. The second-order valence-electron chi connectivity index (χ2n) is 8.27. The third kappa shape index (κ3) is 4.02. The predicted octanol–water partition coefficient (Wildman–Crippen LogP) is 7.26. The van der Waals surface area contributed by atoms with E-state index in [0.717, 1.165) is 12.8 Å². The second-order valence-corrected chi connectivity index (χ2v) is 8.27. The molecule has 0 heterocycles. The average Bonchev–Trinajstić information content (AvgIpc) is 2.62. The van der Waals surface area contributed by atoms with Gasteiger partial charge in [-0.3, -0.25) is 0 Å². The van der Waals surface area contributed by atoms with Crippen LogP contribution in [0.3, 0.4) is 0 Å². The van der Waals surface area contributed by atoms with E-state index in [2.05, 4.69) is 100 Å². The van der Waals surface area contributed by atoms with Crippen LogP contribution in [0.5, 0.6) is 0 Å². The van der Waals surface area contributed by atoms with Crippen molar-refractivity contribution in [3.05, 3.63) is 117 Å². The zero-order chi connectivity index (χ0) is 19.7. The molecular formula is C28H28. The molecule has 0 nitrogen and oxygen atoms in total. The monoisotopic (exact) mass is 364 g/mol. The van der Waals surface area contributed by atoms with E-state index >= 15 is 0 Å². The van der Waals surface area contributed by atoms with Crippen molar-refractivity contribution >= 4 is 10.8 Å². The third-order valence-corrected chi connectivity index (χ3v) is 5.48. The molecule has 4 aromatic rings. The highest BCUT2D eigenvalue weighted by Gasteiger charge is 2.11. The number of benzene rings is 4. The lowest BCUT2D eigenvalue weighted by atomic mass is 9.89. The first-order valence-electron chi connectivity index (χ1n) is 10.1. The van der Waals surface area contributed by atoms with Gasteiger partial charge in [-0.1, -0.05) is 95.1 Å². The molecule has 0 saturated heterocycles. The van der Waals surface area contributed by atoms with Crippen molar-refractivity contribution in [2.24, 2.45) is 0 Å². The van der Waals surface area contributed by atoms with Crippen LogP contribution >= 0.6 is 0 Å². The molecule has 0 fully saturated rings. The minimum Gasteiger partial charge on any atom is -0.0616 e. The van der Waals surface area contributed by atoms with Crippen LogP contribution in [0.25, 0.3) is 10.8 Å². The maximum Gasteiger partial charge on any atom is -0.00166 e. The van der Waals surface area contributed by atoms with Crippen molar-refractivity contribution in [3.8, 4) is 0 Å². The Labute approximate surface area is 168 Å². The summed E-state index contributed by atoms with van der Waals surface area (Å²) in [7, 11) is 0. The molecule has 28 heavy (non-hydrogen) atoms. The molecule has 0 N–H and O–H groups in total. The molecule has 0 aliphatic rings. The molecule has 0 aliphatic heterocycles. The summed E-state index contributed by atoms with van der Waals surface area (Å²) in [6, 6.07) is 27.2. The van der Waals surface area contributed by atoms with Crippen LogP contribution in [0.15, 0.2) is 72.8 Å². The molecule has 0 heteroatoms. The van der Waals surface area contributed by atoms with E-state index in [-0.39, 0.29) is 0 Å². The highest BCUT2D eigenvalue weighted by molar-refractivity contribution is 5.87. The molecule has 0 unspecified atom stereocenters. The number of hydrogen-bond acceptors (Lipinski definition) is 0. The zero-order valence-corrected chi connectivity index (χ0v) is 17.3. The Bertz CT molecular complexity index is 1110. The van der Waals surface area contributed by atoms with Crippen LogP contribution in [0.1, 0.15) is 44.5 Å². The zero-order valence-electron chi connectivity index (χ0n) is 17.3. The first kappa shape index (κ1) is 18.5. The van der Waals surface area contributed by atoms with Gasteiger partial charge in [-0.2, -0.15) is 0 Å². The predicted molar refractivity (Wildman–Crippen MR) is 121 cm³/mol. The van der Waals surface area contributed by atoms with Crippen LogP contribution < -0.4 is 0 Å². The molecule has 0 radical (unpaired) electrons. The van der Waals surface area contributed by atoms with Crippen LogP contribution in [-0.4, -0.2) is 0 Å². The fourth-order valence-electron chi connectivity index (χ4n) is 4.52. The van der Waals surface area contributed by atoms with E-state index in [9.17, 15) is 0 Å². The topological polar surface area (TPSA) is 0 Å². The third-order valence-electron chi connectivity index (χ3n) is 5.48. The SMILES string of the molecule is Cc1cc(C)cc(Cc2ccc3ccccc3c2Cc2cc(C)cc(C)c2)c1. The lowest BCUT2D eigenvalue weighted by molar-refractivity contribution is 1.09. The molecular weight excluding hydrogens is 336 g/mol. The normalized spacial score (nSPS) is 11.1. The Morgan fingerprint density at radius 1 is 0.536 bits per heavy atom.